The van der Waals surface area contributed by atoms with Crippen molar-refractivity contribution in [2.75, 3.05) is 33.7 Å². The predicted octanol–water partition coefficient (Wildman–Crippen LogP) is 3.82. The number of nitrogens with zero attached hydrogens (tertiary/aromatic N) is 2. The van der Waals surface area contributed by atoms with Crippen molar-refractivity contribution in [2.24, 2.45) is 11.8 Å². The zero-order valence-corrected chi connectivity index (χ0v) is 26.9. The summed E-state index contributed by atoms with van der Waals surface area (Å²) in [5, 5.41) is 8.39. The fraction of sp³-hybridized carbons (Fsp3) is 0.529. The van der Waals surface area contributed by atoms with Crippen LogP contribution in [0, 0.1) is 11.8 Å². The number of allylic oxidation sites excluding steroid dienone is 1. The van der Waals surface area contributed by atoms with Crippen LogP contribution in [0.5, 0.6) is 0 Å². The number of carbonyl (C=O) groups is 3. The van der Waals surface area contributed by atoms with Gasteiger partial charge in [0.2, 0.25) is 0 Å². The van der Waals surface area contributed by atoms with Gasteiger partial charge in [-0.1, -0.05) is 37.3 Å². The van der Waals surface area contributed by atoms with E-state index in [1.807, 2.05) is 40.0 Å². The summed E-state index contributed by atoms with van der Waals surface area (Å²) >= 11 is 0. The van der Waals surface area contributed by atoms with Gasteiger partial charge in [0.1, 0.15) is 11.2 Å². The molecular formula is C34H47N5O5. The predicted molar refractivity (Wildman–Crippen MR) is 172 cm³/mol. The highest BCUT2D eigenvalue weighted by atomic mass is 16.6. The summed E-state index contributed by atoms with van der Waals surface area (Å²) in [7, 11) is 3.47. The first kappa shape index (κ1) is 33.0. The Kier molecular flexibility index (Phi) is 10.7. The Morgan fingerprint density at radius 3 is 2.61 bits per heavy atom. The van der Waals surface area contributed by atoms with Crippen molar-refractivity contribution in [1.82, 2.24) is 25.4 Å². The smallest absolute Gasteiger partial charge is 0.407 e. The summed E-state index contributed by atoms with van der Waals surface area (Å²) in [5.41, 5.74) is 2.59. The number of hydrogen-bond acceptors (Lipinski definition) is 6. The molecule has 4 rings (SSSR count). The van der Waals surface area contributed by atoms with Crippen LogP contribution in [0.4, 0.5) is 4.79 Å². The molecule has 2 aliphatic carbocycles. The molecule has 1 aromatic carbocycles. The molecule has 1 saturated carbocycles. The van der Waals surface area contributed by atoms with Gasteiger partial charge in [0, 0.05) is 32.4 Å². The molecule has 0 bridgehead atoms. The molecule has 1 heterocycles. The van der Waals surface area contributed by atoms with E-state index < -0.39 is 23.2 Å². The number of fused-ring (bicyclic) bond motifs is 1. The van der Waals surface area contributed by atoms with E-state index in [0.29, 0.717) is 24.9 Å². The monoisotopic (exact) mass is 605 g/mol. The molecule has 1 unspecified atom stereocenters. The van der Waals surface area contributed by atoms with Gasteiger partial charge in [-0.15, -0.1) is 0 Å². The number of pyridine rings is 1. The summed E-state index contributed by atoms with van der Waals surface area (Å²) in [6.07, 6.45) is 9.29. The molecule has 10 nitrogen and oxygen atoms in total. The van der Waals surface area contributed by atoms with Gasteiger partial charge < -0.3 is 30.2 Å². The van der Waals surface area contributed by atoms with E-state index in [4.69, 9.17) is 4.74 Å². The van der Waals surface area contributed by atoms with Gasteiger partial charge in [-0.3, -0.25) is 14.4 Å². The molecule has 3 atom stereocenters. The molecular weight excluding hydrogens is 558 g/mol. The Morgan fingerprint density at radius 1 is 1.14 bits per heavy atom. The molecule has 1 aromatic heterocycles. The molecule has 0 saturated heterocycles. The van der Waals surface area contributed by atoms with E-state index >= 15 is 0 Å². The lowest BCUT2D eigenvalue weighted by molar-refractivity contribution is 0.0523. The van der Waals surface area contributed by atoms with Gasteiger partial charge >= 0.3 is 6.09 Å². The molecule has 44 heavy (non-hydrogen) atoms. The summed E-state index contributed by atoms with van der Waals surface area (Å²) in [4.78, 5) is 53.3. The number of nitrogens with one attached hydrogen (secondary N) is 3. The third-order valence-electron chi connectivity index (χ3n) is 8.27. The van der Waals surface area contributed by atoms with Crippen molar-refractivity contribution >= 4 is 24.0 Å². The normalized spacial score (nSPS) is 18.8. The van der Waals surface area contributed by atoms with E-state index in [2.05, 4.69) is 46.0 Å². The molecule has 238 valence electrons. The van der Waals surface area contributed by atoms with Crippen LogP contribution in [0.15, 0.2) is 41.3 Å². The van der Waals surface area contributed by atoms with Crippen LogP contribution in [-0.2, 0) is 17.7 Å². The average molecular weight is 606 g/mol. The summed E-state index contributed by atoms with van der Waals surface area (Å²) < 4.78 is 6.73. The fourth-order valence-corrected chi connectivity index (χ4v) is 5.57. The van der Waals surface area contributed by atoms with E-state index in [1.54, 1.807) is 6.20 Å². The zero-order chi connectivity index (χ0) is 32.0. The quantitative estimate of drug-likeness (QED) is 0.338. The van der Waals surface area contributed by atoms with E-state index in [0.717, 1.165) is 43.4 Å². The average Bonchev–Trinajstić information content (AvgIpc) is 3.72. The van der Waals surface area contributed by atoms with Crippen molar-refractivity contribution < 1.29 is 19.1 Å². The first-order valence-electron chi connectivity index (χ1n) is 15.6. The molecule has 1 fully saturated rings. The van der Waals surface area contributed by atoms with Crippen LogP contribution >= 0.6 is 0 Å². The third kappa shape index (κ3) is 8.81. The van der Waals surface area contributed by atoms with Gasteiger partial charge in [0.25, 0.3) is 17.4 Å². The minimum absolute atomic E-state index is 0.0393. The van der Waals surface area contributed by atoms with Gasteiger partial charge in [0.15, 0.2) is 0 Å². The van der Waals surface area contributed by atoms with Crippen LogP contribution in [-0.4, -0.2) is 72.7 Å². The lowest BCUT2D eigenvalue weighted by Gasteiger charge is -2.21. The molecule has 0 aliphatic heterocycles. The standard InChI is InChI=1S/C34H47N5O5/c1-7-22-11-12-27-23(17-22)9-8-10-25(27)20-39-21-26(18-28(32(39)42)31(41)35-5)30(40)37-29-19-24(29)13-15-38(6)16-14-36-33(43)44-34(2,3)4/h8-12,18,21-22,24,29H,7,13-17,19-20H2,1-6H3,(H,35,41)(H,36,43)(H,37,40)/t22?,24-,29-/m0/s1. The fourth-order valence-electron chi connectivity index (χ4n) is 5.57. The number of ether oxygens (including phenoxy) is 1. The lowest BCUT2D eigenvalue weighted by Crippen LogP contribution is -2.37. The second kappa shape index (κ2) is 14.2. The number of carbonyl (C=O) groups excluding carboxylic acids is 3. The highest BCUT2D eigenvalue weighted by Crippen LogP contribution is 2.34. The molecule has 0 spiro atoms. The minimum Gasteiger partial charge on any atom is -0.444 e. The van der Waals surface area contributed by atoms with E-state index in [-0.39, 0.29) is 29.6 Å². The Bertz CT molecular complexity index is 1460. The van der Waals surface area contributed by atoms with Crippen molar-refractivity contribution in [2.45, 2.75) is 71.6 Å². The van der Waals surface area contributed by atoms with E-state index in [9.17, 15) is 19.2 Å². The SMILES string of the molecule is CCC1C=Cc2c(cccc2Cn2cc(C(=O)N[C@H]3C[C@@H]3CCN(C)CCNC(=O)OC(C)(C)C)cc(C(=O)NC)c2=O)C1. The Labute approximate surface area is 260 Å². The summed E-state index contributed by atoms with van der Waals surface area (Å²) in [6.45, 7) is 9.93. The third-order valence-corrected chi connectivity index (χ3v) is 8.27. The van der Waals surface area contributed by atoms with Crippen molar-refractivity contribution in [3.8, 4) is 0 Å². The van der Waals surface area contributed by atoms with Crippen molar-refractivity contribution in [1.29, 1.82) is 0 Å². The topological polar surface area (TPSA) is 122 Å². The minimum atomic E-state index is -0.528. The number of rotatable bonds is 12. The van der Waals surface area contributed by atoms with Gasteiger partial charge in [0.05, 0.1) is 12.1 Å². The number of aromatic nitrogens is 1. The van der Waals surface area contributed by atoms with Crippen molar-refractivity contribution in [3.05, 3.63) is 74.7 Å². The largest absolute Gasteiger partial charge is 0.444 e. The molecule has 3 N–H and O–H groups in total. The summed E-state index contributed by atoms with van der Waals surface area (Å²) in [5.74, 6) is 0.0269. The van der Waals surface area contributed by atoms with Crippen LogP contribution < -0.4 is 21.5 Å². The molecule has 2 aliphatic rings. The highest BCUT2D eigenvalue weighted by Gasteiger charge is 2.38. The number of amides is 3. The van der Waals surface area contributed by atoms with E-state index in [1.165, 1.54) is 23.2 Å². The molecule has 0 radical (unpaired) electrons. The Hall–Kier alpha value is -3.92. The highest BCUT2D eigenvalue weighted by molar-refractivity contribution is 5.99. The number of alkyl carbamates (subject to hydrolysis) is 1. The zero-order valence-electron chi connectivity index (χ0n) is 26.9. The van der Waals surface area contributed by atoms with Gasteiger partial charge in [-0.25, -0.2) is 4.79 Å². The first-order chi connectivity index (χ1) is 20.9. The van der Waals surface area contributed by atoms with Crippen LogP contribution in [0.2, 0.25) is 0 Å². The number of benzene rings is 1. The molecule has 10 heteroatoms. The Morgan fingerprint density at radius 2 is 1.91 bits per heavy atom. The summed E-state index contributed by atoms with van der Waals surface area (Å²) in [6, 6.07) is 7.55. The van der Waals surface area contributed by atoms with Gasteiger partial charge in [-0.05, 0) is 94.6 Å². The van der Waals surface area contributed by atoms with Crippen LogP contribution in [0.1, 0.15) is 84.4 Å². The Balaban J connectivity index is 1.36. The molecule has 3 amide bonds. The van der Waals surface area contributed by atoms with Crippen LogP contribution in [0.25, 0.3) is 6.08 Å². The second-order valence-electron chi connectivity index (χ2n) is 13.0. The maximum Gasteiger partial charge on any atom is 0.407 e. The van der Waals surface area contributed by atoms with Crippen LogP contribution in [0.3, 0.4) is 0 Å². The maximum atomic E-state index is 13.3. The van der Waals surface area contributed by atoms with Crippen molar-refractivity contribution in [3.63, 3.8) is 0 Å². The maximum absolute atomic E-state index is 13.3. The molecule has 2 aromatic rings. The number of hydrogen-bond donors (Lipinski definition) is 3. The number of likely N-dealkylation sites (N-methyl/N-ethyl adjacent to an activating group) is 1. The second-order valence-corrected chi connectivity index (χ2v) is 13.0. The lowest BCUT2D eigenvalue weighted by atomic mass is 9.86. The first-order valence-corrected chi connectivity index (χ1v) is 15.6. The van der Waals surface area contributed by atoms with Gasteiger partial charge in [-0.2, -0.15) is 0 Å².